The SMILES string of the molecule is COc1cc(OC)c(Cl)c(Nc2nccnc2-c2cc(Nc3cc(CCN4CCOCC4)ccn3)ncn2)c1F. The van der Waals surface area contributed by atoms with Crippen LogP contribution in [0.15, 0.2) is 49.2 Å². The second-order valence-electron chi connectivity index (χ2n) is 8.83. The fourth-order valence-electron chi connectivity index (χ4n) is 4.23. The van der Waals surface area contributed by atoms with Crippen molar-refractivity contribution >= 4 is 34.7 Å². The molecular weight excluding hydrogens is 539 g/mol. The van der Waals surface area contributed by atoms with Crippen molar-refractivity contribution in [3.05, 3.63) is 65.6 Å². The van der Waals surface area contributed by atoms with Gasteiger partial charge in [-0.3, -0.25) is 4.90 Å². The summed E-state index contributed by atoms with van der Waals surface area (Å²) >= 11 is 6.40. The van der Waals surface area contributed by atoms with Gasteiger partial charge in [0.05, 0.1) is 33.1 Å². The van der Waals surface area contributed by atoms with E-state index in [2.05, 4.69) is 40.5 Å². The highest BCUT2D eigenvalue weighted by molar-refractivity contribution is 6.35. The van der Waals surface area contributed by atoms with Crippen molar-refractivity contribution < 1.29 is 18.6 Å². The van der Waals surface area contributed by atoms with Gasteiger partial charge in [-0.1, -0.05) is 11.6 Å². The first kappa shape index (κ1) is 27.4. The number of ether oxygens (including phenoxy) is 3. The Balaban J connectivity index is 1.36. The van der Waals surface area contributed by atoms with Gasteiger partial charge in [-0.05, 0) is 24.1 Å². The van der Waals surface area contributed by atoms with Crippen molar-refractivity contribution in [1.29, 1.82) is 0 Å². The third-order valence-corrected chi connectivity index (χ3v) is 6.70. The van der Waals surface area contributed by atoms with Crippen LogP contribution >= 0.6 is 11.6 Å². The van der Waals surface area contributed by atoms with Gasteiger partial charge < -0.3 is 24.8 Å². The maximum Gasteiger partial charge on any atom is 0.190 e. The monoisotopic (exact) mass is 566 g/mol. The number of hydrogen-bond donors (Lipinski definition) is 2. The van der Waals surface area contributed by atoms with Crippen molar-refractivity contribution in [1.82, 2.24) is 29.8 Å². The van der Waals surface area contributed by atoms with Crippen molar-refractivity contribution in [2.45, 2.75) is 6.42 Å². The quantitative estimate of drug-likeness (QED) is 0.282. The molecule has 3 aromatic heterocycles. The lowest BCUT2D eigenvalue weighted by Gasteiger charge is -2.26. The van der Waals surface area contributed by atoms with Crippen LogP contribution in [-0.4, -0.2) is 76.9 Å². The molecule has 0 aliphatic carbocycles. The highest BCUT2D eigenvalue weighted by Gasteiger charge is 2.21. The number of pyridine rings is 1. The lowest BCUT2D eigenvalue weighted by molar-refractivity contribution is 0.0384. The topological polar surface area (TPSA) is 119 Å². The number of nitrogens with zero attached hydrogens (tertiary/aromatic N) is 6. The molecule has 0 unspecified atom stereocenters. The van der Waals surface area contributed by atoms with Gasteiger partial charge in [-0.25, -0.2) is 29.3 Å². The summed E-state index contributed by atoms with van der Waals surface area (Å²) in [6, 6.07) is 7.08. The lowest BCUT2D eigenvalue weighted by atomic mass is 10.2. The summed E-state index contributed by atoms with van der Waals surface area (Å²) in [5, 5.41) is 6.19. The summed E-state index contributed by atoms with van der Waals surface area (Å²) in [5.41, 5.74) is 1.90. The Hall–Kier alpha value is -4.13. The zero-order valence-electron chi connectivity index (χ0n) is 22.0. The second kappa shape index (κ2) is 12.8. The normalized spacial score (nSPS) is 13.6. The largest absolute Gasteiger partial charge is 0.495 e. The van der Waals surface area contributed by atoms with Gasteiger partial charge in [0.2, 0.25) is 0 Å². The summed E-state index contributed by atoms with van der Waals surface area (Å²) in [6.07, 6.45) is 7.06. The number of aromatic nitrogens is 5. The Morgan fingerprint density at radius 2 is 1.70 bits per heavy atom. The van der Waals surface area contributed by atoms with Crippen LogP contribution in [0.25, 0.3) is 11.4 Å². The summed E-state index contributed by atoms with van der Waals surface area (Å²) in [4.78, 5) is 24.3. The standard InChI is InChI=1S/C27H28ClFN8O3/c1-38-19-15-20(39-2)24(29)26(23(19)28)36-27-25(31-6-7-32-27)18-14-22(34-16-33-18)35-21-13-17(3-5-30-21)4-8-37-9-11-40-12-10-37/h3,5-7,13-16H,4,8-12H2,1-2H3,(H,32,36)(H,30,33,34,35). The molecule has 0 amide bonds. The Bertz CT molecular complexity index is 1440. The zero-order chi connectivity index (χ0) is 27.9. The number of rotatable bonds is 10. The summed E-state index contributed by atoms with van der Waals surface area (Å²) < 4.78 is 31.0. The Kier molecular flexibility index (Phi) is 8.79. The van der Waals surface area contributed by atoms with E-state index >= 15 is 4.39 Å². The van der Waals surface area contributed by atoms with Crippen LogP contribution in [0, 0.1) is 5.82 Å². The molecule has 2 N–H and O–H groups in total. The van der Waals surface area contributed by atoms with E-state index < -0.39 is 5.82 Å². The molecule has 4 heterocycles. The van der Waals surface area contributed by atoms with Gasteiger partial charge in [0, 0.05) is 50.4 Å². The van der Waals surface area contributed by atoms with E-state index in [-0.39, 0.29) is 28.0 Å². The minimum Gasteiger partial charge on any atom is -0.495 e. The minimum atomic E-state index is -0.700. The minimum absolute atomic E-state index is 0.0297. The van der Waals surface area contributed by atoms with Gasteiger partial charge in [0.15, 0.2) is 17.4 Å². The van der Waals surface area contributed by atoms with E-state index in [1.807, 2.05) is 12.1 Å². The maximum atomic E-state index is 15.1. The van der Waals surface area contributed by atoms with Crippen LogP contribution in [0.2, 0.25) is 5.02 Å². The third kappa shape index (κ3) is 6.36. The molecule has 5 rings (SSSR count). The summed E-state index contributed by atoms with van der Waals surface area (Å²) in [7, 11) is 2.79. The molecule has 11 nitrogen and oxygen atoms in total. The Labute approximate surface area is 235 Å². The second-order valence-corrected chi connectivity index (χ2v) is 9.21. The molecule has 0 spiro atoms. The van der Waals surface area contributed by atoms with E-state index in [1.165, 1.54) is 39.0 Å². The van der Waals surface area contributed by atoms with E-state index in [4.69, 9.17) is 25.8 Å². The molecule has 1 saturated heterocycles. The predicted octanol–water partition coefficient (Wildman–Crippen LogP) is 4.50. The molecule has 1 aliphatic heterocycles. The average Bonchev–Trinajstić information content (AvgIpc) is 2.99. The fraction of sp³-hybridized carbons (Fsp3) is 0.296. The molecule has 13 heteroatoms. The van der Waals surface area contributed by atoms with Gasteiger partial charge in [0.1, 0.15) is 40.1 Å². The number of anilines is 4. The molecule has 40 heavy (non-hydrogen) atoms. The predicted molar refractivity (Wildman–Crippen MR) is 149 cm³/mol. The molecule has 1 aromatic carbocycles. The van der Waals surface area contributed by atoms with Crippen LogP contribution in [-0.2, 0) is 11.2 Å². The highest BCUT2D eigenvalue weighted by Crippen LogP contribution is 2.41. The maximum absolute atomic E-state index is 15.1. The van der Waals surface area contributed by atoms with E-state index in [0.717, 1.165) is 44.8 Å². The molecule has 0 atom stereocenters. The first-order chi connectivity index (χ1) is 19.6. The van der Waals surface area contributed by atoms with Gasteiger partial charge >= 0.3 is 0 Å². The van der Waals surface area contributed by atoms with Crippen molar-refractivity contribution in [2.24, 2.45) is 0 Å². The number of benzene rings is 1. The number of hydrogen-bond acceptors (Lipinski definition) is 11. The van der Waals surface area contributed by atoms with Crippen molar-refractivity contribution in [2.75, 3.05) is 57.7 Å². The molecule has 1 fully saturated rings. The van der Waals surface area contributed by atoms with Gasteiger partial charge in [0.25, 0.3) is 0 Å². The smallest absolute Gasteiger partial charge is 0.190 e. The Morgan fingerprint density at radius 1 is 0.925 bits per heavy atom. The van der Waals surface area contributed by atoms with Crippen molar-refractivity contribution in [3.8, 4) is 22.9 Å². The van der Waals surface area contributed by atoms with Gasteiger partial charge in [-0.2, -0.15) is 0 Å². The number of halogens is 2. The molecular formula is C27H28ClFN8O3. The molecule has 208 valence electrons. The van der Waals surface area contributed by atoms with Crippen LogP contribution < -0.4 is 20.1 Å². The average molecular weight is 567 g/mol. The molecule has 1 aliphatic rings. The van der Waals surface area contributed by atoms with Crippen LogP contribution in [0.5, 0.6) is 11.5 Å². The molecule has 0 bridgehead atoms. The fourth-order valence-corrected chi connectivity index (χ4v) is 4.49. The summed E-state index contributed by atoms with van der Waals surface area (Å²) in [6.45, 7) is 4.40. The highest BCUT2D eigenvalue weighted by atomic mass is 35.5. The van der Waals surface area contributed by atoms with E-state index in [9.17, 15) is 0 Å². The lowest BCUT2D eigenvalue weighted by Crippen LogP contribution is -2.37. The van der Waals surface area contributed by atoms with E-state index in [0.29, 0.717) is 23.0 Å². The number of morpholine rings is 1. The Morgan fingerprint density at radius 3 is 2.50 bits per heavy atom. The first-order valence-electron chi connectivity index (χ1n) is 12.6. The number of nitrogens with one attached hydrogen (secondary N) is 2. The first-order valence-corrected chi connectivity index (χ1v) is 13.0. The summed E-state index contributed by atoms with van der Waals surface area (Å²) in [5.74, 6) is 0.884. The van der Waals surface area contributed by atoms with Crippen molar-refractivity contribution in [3.63, 3.8) is 0 Å². The van der Waals surface area contributed by atoms with Crippen LogP contribution in [0.1, 0.15) is 5.56 Å². The van der Waals surface area contributed by atoms with Gasteiger partial charge in [-0.15, -0.1) is 0 Å². The molecule has 0 radical (unpaired) electrons. The third-order valence-electron chi connectivity index (χ3n) is 6.33. The molecule has 4 aromatic rings. The molecule has 0 saturated carbocycles. The number of methoxy groups -OCH3 is 2. The van der Waals surface area contributed by atoms with E-state index in [1.54, 1.807) is 12.3 Å². The zero-order valence-corrected chi connectivity index (χ0v) is 22.8. The van der Waals surface area contributed by atoms with Crippen LogP contribution in [0.4, 0.5) is 27.5 Å². The van der Waals surface area contributed by atoms with Crippen LogP contribution in [0.3, 0.4) is 0 Å².